The van der Waals surface area contributed by atoms with E-state index in [2.05, 4.69) is 17.1 Å². The molecule has 116 valence electrons. The first-order chi connectivity index (χ1) is 10.0. The van der Waals surface area contributed by atoms with Crippen LogP contribution in [-0.4, -0.2) is 54.9 Å². The number of anilines is 2. The number of hydrogen-bond donors (Lipinski definition) is 3. The summed E-state index contributed by atoms with van der Waals surface area (Å²) < 4.78 is 19.0. The first-order valence-electron chi connectivity index (χ1n) is 6.92. The van der Waals surface area contributed by atoms with E-state index in [1.165, 1.54) is 6.07 Å². The molecule has 6 nitrogen and oxygen atoms in total. The molecule has 21 heavy (non-hydrogen) atoms. The summed E-state index contributed by atoms with van der Waals surface area (Å²) in [4.78, 5) is 13.5. The Balaban J connectivity index is 2.06. The predicted octanol–water partition coefficient (Wildman–Crippen LogP) is 1.24. The lowest BCUT2D eigenvalue weighted by atomic mass is 10.1. The van der Waals surface area contributed by atoms with Gasteiger partial charge in [-0.3, -0.25) is 4.90 Å². The van der Waals surface area contributed by atoms with Crippen LogP contribution in [0.4, 0.5) is 15.8 Å². The summed E-state index contributed by atoms with van der Waals surface area (Å²) >= 11 is 0. The molecule has 1 aliphatic heterocycles. The first-order valence-corrected chi connectivity index (χ1v) is 6.92. The molecule has 1 atom stereocenters. The fourth-order valence-corrected chi connectivity index (χ4v) is 2.39. The molecule has 1 fully saturated rings. The van der Waals surface area contributed by atoms with Gasteiger partial charge < -0.3 is 20.9 Å². The number of rotatable bonds is 5. The number of nitrogen functional groups attached to an aromatic ring is 1. The van der Waals surface area contributed by atoms with E-state index in [0.29, 0.717) is 18.8 Å². The van der Waals surface area contributed by atoms with Crippen molar-refractivity contribution in [3.63, 3.8) is 0 Å². The molecule has 0 amide bonds. The number of nitrogens with one attached hydrogen (secondary N) is 1. The molecule has 0 bridgehead atoms. The lowest BCUT2D eigenvalue weighted by Crippen LogP contribution is -2.45. The molecule has 4 N–H and O–H groups in total. The van der Waals surface area contributed by atoms with E-state index in [4.69, 9.17) is 15.6 Å². The van der Waals surface area contributed by atoms with Crippen molar-refractivity contribution < 1.29 is 19.0 Å². The Bertz CT molecular complexity index is 524. The van der Waals surface area contributed by atoms with Crippen molar-refractivity contribution >= 4 is 17.3 Å². The maximum absolute atomic E-state index is 13.4. The number of likely N-dealkylation sites (N-methyl/N-ethyl adjacent to an activating group) is 1. The zero-order valence-corrected chi connectivity index (χ0v) is 11.9. The van der Waals surface area contributed by atoms with Crippen molar-refractivity contribution in [1.82, 2.24) is 4.90 Å². The second-order valence-corrected chi connectivity index (χ2v) is 4.96. The second kappa shape index (κ2) is 6.73. The largest absolute Gasteiger partial charge is 0.478 e. The number of ether oxygens (including phenoxy) is 1. The summed E-state index contributed by atoms with van der Waals surface area (Å²) in [5.41, 5.74) is 5.21. The Labute approximate surface area is 122 Å². The summed E-state index contributed by atoms with van der Waals surface area (Å²) in [6.45, 7) is 5.81. The van der Waals surface area contributed by atoms with Gasteiger partial charge in [0.05, 0.1) is 24.1 Å². The number of halogens is 1. The molecule has 0 spiro atoms. The number of nitrogens with zero attached hydrogens (tertiary/aromatic N) is 1. The van der Waals surface area contributed by atoms with E-state index in [9.17, 15) is 9.18 Å². The van der Waals surface area contributed by atoms with Gasteiger partial charge in [0.1, 0.15) is 11.4 Å². The number of nitrogens with two attached hydrogens (primary N) is 1. The number of carbonyl (C=O) groups is 1. The van der Waals surface area contributed by atoms with Crippen LogP contribution in [0.3, 0.4) is 0 Å². The predicted molar refractivity (Wildman–Crippen MR) is 78.1 cm³/mol. The minimum absolute atomic E-state index is 0.0355. The molecule has 1 aromatic rings. The second-order valence-electron chi connectivity index (χ2n) is 4.96. The summed E-state index contributed by atoms with van der Waals surface area (Å²) in [5.74, 6) is -1.99. The fraction of sp³-hybridized carbons (Fsp3) is 0.500. The monoisotopic (exact) mass is 297 g/mol. The van der Waals surface area contributed by atoms with Gasteiger partial charge in [0.2, 0.25) is 0 Å². The average molecular weight is 297 g/mol. The van der Waals surface area contributed by atoms with Gasteiger partial charge in [0.15, 0.2) is 0 Å². The van der Waals surface area contributed by atoms with Crippen LogP contribution in [0, 0.1) is 5.82 Å². The Hall–Kier alpha value is -1.86. The van der Waals surface area contributed by atoms with Crippen molar-refractivity contribution in [3.8, 4) is 0 Å². The number of carboxylic acid groups (broad SMARTS) is 1. The smallest absolute Gasteiger partial charge is 0.340 e. The molecular weight excluding hydrogens is 277 g/mol. The maximum atomic E-state index is 13.4. The van der Waals surface area contributed by atoms with Gasteiger partial charge in [-0.25, -0.2) is 9.18 Å². The molecule has 1 aliphatic rings. The highest BCUT2D eigenvalue weighted by molar-refractivity contribution is 6.00. The Morgan fingerprint density at radius 1 is 1.62 bits per heavy atom. The standard InChI is InChI=1S/C14H20FN3O3/c1-2-18-5-6-21-9(8-18)7-17-11-4-3-10(15)13(16)12(11)14(19)20/h3-4,9,17H,2,5-8,16H2,1H3,(H,19,20). The van der Waals surface area contributed by atoms with Crippen LogP contribution in [0.15, 0.2) is 12.1 Å². The zero-order valence-electron chi connectivity index (χ0n) is 11.9. The third-order valence-electron chi connectivity index (χ3n) is 3.60. The summed E-state index contributed by atoms with van der Waals surface area (Å²) in [6, 6.07) is 2.54. The van der Waals surface area contributed by atoms with Gasteiger partial charge >= 0.3 is 5.97 Å². The van der Waals surface area contributed by atoms with Gasteiger partial charge in [0.25, 0.3) is 0 Å². The molecule has 1 unspecified atom stereocenters. The molecule has 0 saturated carbocycles. The molecule has 1 saturated heterocycles. The van der Waals surface area contributed by atoms with Gasteiger partial charge in [0, 0.05) is 19.6 Å². The van der Waals surface area contributed by atoms with Crippen LogP contribution in [0.5, 0.6) is 0 Å². The van der Waals surface area contributed by atoms with Crippen LogP contribution in [0.1, 0.15) is 17.3 Å². The third-order valence-corrected chi connectivity index (χ3v) is 3.60. The quantitative estimate of drug-likeness (QED) is 0.709. The fourth-order valence-electron chi connectivity index (χ4n) is 2.39. The molecule has 7 heteroatoms. The molecule has 0 aromatic heterocycles. The Kier molecular flexibility index (Phi) is 4.98. The van der Waals surface area contributed by atoms with Crippen molar-refractivity contribution in [2.45, 2.75) is 13.0 Å². The number of benzene rings is 1. The van der Waals surface area contributed by atoms with Crippen LogP contribution in [0.2, 0.25) is 0 Å². The highest BCUT2D eigenvalue weighted by Gasteiger charge is 2.21. The molecule has 0 radical (unpaired) electrons. The van der Waals surface area contributed by atoms with Gasteiger partial charge in [-0.2, -0.15) is 0 Å². The van der Waals surface area contributed by atoms with E-state index >= 15 is 0 Å². The van der Waals surface area contributed by atoms with Gasteiger partial charge in [-0.05, 0) is 18.7 Å². The van der Waals surface area contributed by atoms with E-state index in [1.807, 2.05) is 0 Å². The van der Waals surface area contributed by atoms with Crippen LogP contribution < -0.4 is 11.1 Å². The highest BCUT2D eigenvalue weighted by Crippen LogP contribution is 2.25. The minimum atomic E-state index is -1.26. The van der Waals surface area contributed by atoms with Crippen molar-refractivity contribution in [2.24, 2.45) is 0 Å². The lowest BCUT2D eigenvalue weighted by Gasteiger charge is -2.32. The number of aromatic carboxylic acids is 1. The topological polar surface area (TPSA) is 87.8 Å². The van der Waals surface area contributed by atoms with E-state index in [1.54, 1.807) is 0 Å². The summed E-state index contributed by atoms with van der Waals surface area (Å²) in [7, 11) is 0. The van der Waals surface area contributed by atoms with Crippen molar-refractivity contribution in [3.05, 3.63) is 23.5 Å². The number of hydrogen-bond acceptors (Lipinski definition) is 5. The summed E-state index contributed by atoms with van der Waals surface area (Å²) in [5, 5.41) is 12.2. The third kappa shape index (κ3) is 3.62. The highest BCUT2D eigenvalue weighted by atomic mass is 19.1. The van der Waals surface area contributed by atoms with Crippen molar-refractivity contribution in [2.75, 3.05) is 43.8 Å². The molecular formula is C14H20FN3O3. The normalized spacial score (nSPS) is 19.4. The average Bonchev–Trinajstić information content (AvgIpc) is 2.48. The molecule has 1 aromatic carbocycles. The van der Waals surface area contributed by atoms with Gasteiger partial charge in [-0.15, -0.1) is 0 Å². The lowest BCUT2D eigenvalue weighted by molar-refractivity contribution is -0.0191. The van der Waals surface area contributed by atoms with E-state index in [-0.39, 0.29) is 17.4 Å². The summed E-state index contributed by atoms with van der Waals surface area (Å²) in [6.07, 6.45) is -0.0355. The first kappa shape index (κ1) is 15.5. The minimum Gasteiger partial charge on any atom is -0.478 e. The molecule has 0 aliphatic carbocycles. The van der Waals surface area contributed by atoms with E-state index in [0.717, 1.165) is 25.7 Å². The number of morpholine rings is 1. The maximum Gasteiger partial charge on any atom is 0.340 e. The van der Waals surface area contributed by atoms with Crippen LogP contribution in [0.25, 0.3) is 0 Å². The molecule has 2 rings (SSSR count). The van der Waals surface area contributed by atoms with Gasteiger partial charge in [-0.1, -0.05) is 6.92 Å². The van der Waals surface area contributed by atoms with Crippen LogP contribution in [-0.2, 0) is 4.74 Å². The number of carboxylic acids is 1. The van der Waals surface area contributed by atoms with Crippen LogP contribution >= 0.6 is 0 Å². The SMILES string of the molecule is CCN1CCOC(CNc2ccc(F)c(N)c2C(=O)O)C1. The van der Waals surface area contributed by atoms with Crippen molar-refractivity contribution in [1.29, 1.82) is 0 Å². The zero-order chi connectivity index (χ0) is 15.4. The van der Waals surface area contributed by atoms with E-state index < -0.39 is 11.8 Å². The Morgan fingerprint density at radius 2 is 2.38 bits per heavy atom. The Morgan fingerprint density at radius 3 is 3.05 bits per heavy atom. The molecule has 1 heterocycles.